The van der Waals surface area contributed by atoms with Gasteiger partial charge in [-0.25, -0.2) is 4.98 Å². The predicted octanol–water partition coefficient (Wildman–Crippen LogP) is -1.31. The minimum Gasteiger partial charge on any atom is -0.389 e. The van der Waals surface area contributed by atoms with E-state index in [4.69, 9.17) is 5.73 Å². The van der Waals surface area contributed by atoms with Crippen molar-refractivity contribution in [3.63, 3.8) is 0 Å². The maximum atomic E-state index is 10.5. The molecule has 1 aromatic heterocycles. The van der Waals surface area contributed by atoms with Crippen LogP contribution in [0.15, 0.2) is 12.5 Å². The van der Waals surface area contributed by atoms with Crippen LogP contribution in [0.1, 0.15) is 18.2 Å². The quantitative estimate of drug-likeness (QED) is 0.560. The molecule has 0 saturated carbocycles. The van der Waals surface area contributed by atoms with Crippen molar-refractivity contribution in [1.29, 1.82) is 0 Å². The van der Waals surface area contributed by atoms with E-state index >= 15 is 0 Å². The molecule has 0 aromatic carbocycles. The van der Waals surface area contributed by atoms with E-state index in [-0.39, 0.29) is 6.42 Å². The summed E-state index contributed by atoms with van der Waals surface area (Å²) in [6, 6.07) is 0. The van der Waals surface area contributed by atoms with Gasteiger partial charge in [0, 0.05) is 13.2 Å². The average Bonchev–Trinajstić information content (AvgIpc) is 2.49. The maximum absolute atomic E-state index is 10.5. The number of aromatic nitrogens is 2. The molecule has 78 valence electrons. The van der Waals surface area contributed by atoms with Crippen LogP contribution in [0.2, 0.25) is 0 Å². The van der Waals surface area contributed by atoms with Crippen molar-refractivity contribution in [3.8, 4) is 0 Å². The Kier molecular flexibility index (Phi) is 3.21. The van der Waals surface area contributed by atoms with Crippen LogP contribution < -0.4 is 5.73 Å². The summed E-state index contributed by atoms with van der Waals surface area (Å²) in [6.45, 7) is 0. The summed E-state index contributed by atoms with van der Waals surface area (Å²) in [5, 5.41) is 18.9. The van der Waals surface area contributed by atoms with Crippen molar-refractivity contribution in [2.45, 2.75) is 18.6 Å². The molecule has 6 heteroatoms. The van der Waals surface area contributed by atoms with Gasteiger partial charge in [-0.3, -0.25) is 4.79 Å². The molecule has 0 aliphatic carbocycles. The summed E-state index contributed by atoms with van der Waals surface area (Å²) in [5.74, 6) is -0.660. The third kappa shape index (κ3) is 2.54. The predicted molar refractivity (Wildman–Crippen MR) is 48.0 cm³/mol. The molecule has 0 spiro atoms. The summed E-state index contributed by atoms with van der Waals surface area (Å²) in [7, 11) is 1.74. The summed E-state index contributed by atoms with van der Waals surface area (Å²) in [5.41, 5.74) is 5.20. The molecule has 1 aromatic rings. The lowest BCUT2D eigenvalue weighted by molar-refractivity contribution is -0.121. The van der Waals surface area contributed by atoms with Crippen molar-refractivity contribution in [3.05, 3.63) is 18.2 Å². The van der Waals surface area contributed by atoms with Gasteiger partial charge in [0.05, 0.1) is 24.5 Å². The number of imidazole rings is 1. The zero-order chi connectivity index (χ0) is 10.7. The van der Waals surface area contributed by atoms with Gasteiger partial charge in [-0.05, 0) is 0 Å². The summed E-state index contributed by atoms with van der Waals surface area (Å²) in [6.07, 6.45) is 0.397. The number of carbonyl (C=O) groups excluding carboxylic acids is 1. The Labute approximate surface area is 81.0 Å². The molecule has 1 amide bonds. The SMILES string of the molecule is Cn1cnc(C(O)C(O)CC(N)=O)c1. The van der Waals surface area contributed by atoms with E-state index in [1.54, 1.807) is 17.8 Å². The lowest BCUT2D eigenvalue weighted by Crippen LogP contribution is -2.25. The van der Waals surface area contributed by atoms with Crippen LogP contribution in [0, 0.1) is 0 Å². The Morgan fingerprint density at radius 1 is 1.71 bits per heavy atom. The van der Waals surface area contributed by atoms with Gasteiger partial charge in [-0.2, -0.15) is 0 Å². The zero-order valence-electron chi connectivity index (χ0n) is 7.79. The lowest BCUT2D eigenvalue weighted by Gasteiger charge is -2.13. The molecule has 0 bridgehead atoms. The maximum Gasteiger partial charge on any atom is 0.220 e. The molecule has 1 heterocycles. The second-order valence-electron chi connectivity index (χ2n) is 3.15. The van der Waals surface area contributed by atoms with Gasteiger partial charge in [0.2, 0.25) is 5.91 Å². The highest BCUT2D eigenvalue weighted by molar-refractivity contribution is 5.74. The third-order valence-electron chi connectivity index (χ3n) is 1.80. The van der Waals surface area contributed by atoms with Crippen LogP contribution in [0.3, 0.4) is 0 Å². The highest BCUT2D eigenvalue weighted by Gasteiger charge is 2.21. The third-order valence-corrected chi connectivity index (χ3v) is 1.80. The first kappa shape index (κ1) is 10.7. The fourth-order valence-electron chi connectivity index (χ4n) is 1.10. The molecule has 14 heavy (non-hydrogen) atoms. The first-order valence-electron chi connectivity index (χ1n) is 4.13. The number of nitrogens with zero attached hydrogens (tertiary/aromatic N) is 2. The molecule has 6 nitrogen and oxygen atoms in total. The number of aliphatic hydroxyl groups is 2. The van der Waals surface area contributed by atoms with Crippen LogP contribution in [0.25, 0.3) is 0 Å². The van der Waals surface area contributed by atoms with Gasteiger partial charge in [0.15, 0.2) is 0 Å². The Bertz CT molecular complexity index is 323. The number of hydrogen-bond acceptors (Lipinski definition) is 4. The summed E-state index contributed by atoms with van der Waals surface area (Å²) in [4.78, 5) is 14.3. The second kappa shape index (κ2) is 4.21. The summed E-state index contributed by atoms with van der Waals surface area (Å²) >= 11 is 0. The number of primary amides is 1. The lowest BCUT2D eigenvalue weighted by atomic mass is 10.1. The molecule has 0 fully saturated rings. The van der Waals surface area contributed by atoms with Crippen molar-refractivity contribution < 1.29 is 15.0 Å². The molecular weight excluding hydrogens is 186 g/mol. The molecule has 0 aliphatic heterocycles. The first-order chi connectivity index (χ1) is 6.50. The van der Waals surface area contributed by atoms with Gasteiger partial charge >= 0.3 is 0 Å². The van der Waals surface area contributed by atoms with E-state index in [2.05, 4.69) is 4.98 Å². The van der Waals surface area contributed by atoms with Crippen LogP contribution in [-0.2, 0) is 11.8 Å². The molecular formula is C8H13N3O3. The van der Waals surface area contributed by atoms with Gasteiger partial charge in [-0.15, -0.1) is 0 Å². The number of aliphatic hydroxyl groups excluding tert-OH is 2. The number of aryl methyl sites for hydroxylation is 1. The zero-order valence-corrected chi connectivity index (χ0v) is 7.79. The normalized spacial score (nSPS) is 15.1. The number of nitrogens with two attached hydrogens (primary N) is 1. The largest absolute Gasteiger partial charge is 0.389 e. The fourth-order valence-corrected chi connectivity index (χ4v) is 1.10. The molecule has 0 radical (unpaired) electrons. The number of amides is 1. The Morgan fingerprint density at radius 2 is 2.36 bits per heavy atom. The highest BCUT2D eigenvalue weighted by Crippen LogP contribution is 2.16. The monoisotopic (exact) mass is 199 g/mol. The van der Waals surface area contributed by atoms with Gasteiger partial charge in [-0.1, -0.05) is 0 Å². The van der Waals surface area contributed by atoms with E-state index < -0.39 is 18.1 Å². The smallest absolute Gasteiger partial charge is 0.220 e. The van der Waals surface area contributed by atoms with Crippen molar-refractivity contribution in [1.82, 2.24) is 9.55 Å². The van der Waals surface area contributed by atoms with E-state index in [1.165, 1.54) is 6.33 Å². The minimum absolute atomic E-state index is 0.280. The van der Waals surface area contributed by atoms with Crippen LogP contribution in [0.4, 0.5) is 0 Å². The van der Waals surface area contributed by atoms with Crippen molar-refractivity contribution >= 4 is 5.91 Å². The standard InChI is InChI=1S/C8H13N3O3/c1-11-3-5(10-4-11)8(14)6(12)2-7(9)13/h3-4,6,8,12,14H,2H2,1H3,(H2,9,13). The molecule has 2 unspecified atom stereocenters. The Hall–Kier alpha value is -1.40. The van der Waals surface area contributed by atoms with Crippen LogP contribution >= 0.6 is 0 Å². The highest BCUT2D eigenvalue weighted by atomic mass is 16.3. The van der Waals surface area contributed by atoms with Gasteiger partial charge in [0.1, 0.15) is 6.10 Å². The van der Waals surface area contributed by atoms with E-state index in [0.29, 0.717) is 5.69 Å². The number of rotatable bonds is 4. The Balaban J connectivity index is 2.65. The molecule has 0 aliphatic rings. The van der Waals surface area contributed by atoms with Crippen molar-refractivity contribution in [2.24, 2.45) is 12.8 Å². The van der Waals surface area contributed by atoms with Crippen molar-refractivity contribution in [2.75, 3.05) is 0 Å². The van der Waals surface area contributed by atoms with Gasteiger partial charge in [0.25, 0.3) is 0 Å². The minimum atomic E-state index is -1.21. The average molecular weight is 199 g/mol. The first-order valence-corrected chi connectivity index (χ1v) is 4.13. The molecule has 1 rings (SSSR count). The molecule has 2 atom stereocenters. The Morgan fingerprint density at radius 3 is 2.79 bits per heavy atom. The number of carbonyl (C=O) groups is 1. The summed E-state index contributed by atoms with van der Waals surface area (Å²) < 4.78 is 1.63. The molecule has 0 saturated heterocycles. The second-order valence-corrected chi connectivity index (χ2v) is 3.15. The fraction of sp³-hybridized carbons (Fsp3) is 0.500. The van der Waals surface area contributed by atoms with Crippen LogP contribution in [-0.4, -0.2) is 31.8 Å². The number of hydrogen-bond donors (Lipinski definition) is 3. The van der Waals surface area contributed by atoms with E-state index in [9.17, 15) is 15.0 Å². The molecule has 4 N–H and O–H groups in total. The van der Waals surface area contributed by atoms with E-state index in [1.807, 2.05) is 0 Å². The van der Waals surface area contributed by atoms with Gasteiger partial charge < -0.3 is 20.5 Å². The topological polar surface area (TPSA) is 101 Å². The van der Waals surface area contributed by atoms with E-state index in [0.717, 1.165) is 0 Å². The van der Waals surface area contributed by atoms with Crippen LogP contribution in [0.5, 0.6) is 0 Å².